The molecule has 3 rings (SSSR count). The van der Waals surface area contributed by atoms with E-state index < -0.39 is 11.5 Å². The number of carbonyl (C=O) groups is 2. The highest BCUT2D eigenvalue weighted by atomic mass is 16.4. The maximum Gasteiger partial charge on any atom is 0.329 e. The predicted octanol–water partition coefficient (Wildman–Crippen LogP) is 1.52. The molecule has 4 nitrogen and oxygen atoms in total. The number of rotatable bonds is 3. The largest absolute Gasteiger partial charge is 0.480 e. The Morgan fingerprint density at radius 2 is 1.89 bits per heavy atom. The first-order valence-corrected chi connectivity index (χ1v) is 6.28. The minimum absolute atomic E-state index is 0.271. The van der Waals surface area contributed by atoms with E-state index in [0.717, 1.165) is 19.3 Å². The molecule has 0 unspecified atom stereocenters. The molecule has 1 aromatic carbocycles. The van der Waals surface area contributed by atoms with E-state index in [1.54, 1.807) is 6.07 Å². The van der Waals surface area contributed by atoms with Gasteiger partial charge >= 0.3 is 5.97 Å². The Morgan fingerprint density at radius 1 is 1.17 bits per heavy atom. The third-order valence-corrected chi connectivity index (χ3v) is 4.10. The van der Waals surface area contributed by atoms with Crippen molar-refractivity contribution in [1.82, 2.24) is 5.32 Å². The molecule has 94 valence electrons. The molecule has 0 heterocycles. The van der Waals surface area contributed by atoms with E-state index in [1.165, 1.54) is 11.1 Å². The first kappa shape index (κ1) is 11.3. The summed E-state index contributed by atoms with van der Waals surface area (Å²) in [6.45, 7) is 0. The van der Waals surface area contributed by atoms with Crippen molar-refractivity contribution in [3.8, 4) is 0 Å². The molecule has 0 atom stereocenters. The lowest BCUT2D eigenvalue weighted by molar-refractivity contribution is -0.148. The van der Waals surface area contributed by atoms with Gasteiger partial charge in [0, 0.05) is 5.56 Å². The summed E-state index contributed by atoms with van der Waals surface area (Å²) in [5.41, 5.74) is 2.05. The standard InChI is InChI=1S/C14H15NO3/c16-12(15-14(13(17)18)6-1-7-14)11-5-3-9-2-4-10(9)8-11/h3,5,8H,1-2,4,6-7H2,(H,15,16)(H,17,18). The lowest BCUT2D eigenvalue weighted by Gasteiger charge is -2.38. The smallest absolute Gasteiger partial charge is 0.329 e. The highest BCUT2D eigenvalue weighted by molar-refractivity contribution is 5.98. The number of carboxylic acid groups (broad SMARTS) is 1. The van der Waals surface area contributed by atoms with Gasteiger partial charge in [0.1, 0.15) is 5.54 Å². The maximum atomic E-state index is 12.1. The van der Waals surface area contributed by atoms with Crippen LogP contribution in [0, 0.1) is 0 Å². The molecule has 2 aliphatic rings. The zero-order valence-electron chi connectivity index (χ0n) is 10.0. The highest BCUT2D eigenvalue weighted by Crippen LogP contribution is 2.32. The van der Waals surface area contributed by atoms with E-state index in [1.807, 2.05) is 12.1 Å². The minimum Gasteiger partial charge on any atom is -0.480 e. The molecule has 0 radical (unpaired) electrons. The second-order valence-electron chi connectivity index (χ2n) is 5.18. The number of fused-ring (bicyclic) bond motifs is 1. The van der Waals surface area contributed by atoms with E-state index in [9.17, 15) is 14.7 Å². The lowest BCUT2D eigenvalue weighted by Crippen LogP contribution is -2.59. The number of hydrogen-bond donors (Lipinski definition) is 2. The Labute approximate surface area is 105 Å². The van der Waals surface area contributed by atoms with Crippen LogP contribution in [-0.2, 0) is 17.6 Å². The first-order valence-electron chi connectivity index (χ1n) is 6.28. The molecule has 1 aromatic rings. The molecule has 0 bridgehead atoms. The van der Waals surface area contributed by atoms with Crippen LogP contribution in [0.25, 0.3) is 0 Å². The number of aryl methyl sites for hydroxylation is 2. The SMILES string of the molecule is O=C(NC1(C(=O)O)CCC1)c1ccc2c(c1)CC2. The molecule has 4 heteroatoms. The zero-order valence-corrected chi connectivity index (χ0v) is 10.0. The van der Waals surface area contributed by atoms with E-state index in [-0.39, 0.29) is 5.91 Å². The van der Waals surface area contributed by atoms with Crippen LogP contribution in [0.1, 0.15) is 40.7 Å². The molecule has 1 saturated carbocycles. The highest BCUT2D eigenvalue weighted by Gasteiger charge is 2.45. The third kappa shape index (κ3) is 1.60. The van der Waals surface area contributed by atoms with Gasteiger partial charge in [-0.3, -0.25) is 4.79 Å². The monoisotopic (exact) mass is 245 g/mol. The van der Waals surface area contributed by atoms with Gasteiger partial charge in [0.15, 0.2) is 0 Å². The fraction of sp³-hybridized carbons (Fsp3) is 0.429. The van der Waals surface area contributed by atoms with Crippen LogP contribution in [0.15, 0.2) is 18.2 Å². The van der Waals surface area contributed by atoms with Crippen molar-refractivity contribution in [3.05, 3.63) is 34.9 Å². The Kier molecular flexibility index (Phi) is 2.40. The molecular formula is C14H15NO3. The summed E-state index contributed by atoms with van der Waals surface area (Å²) in [5.74, 6) is -1.20. The number of nitrogens with one attached hydrogen (secondary N) is 1. The van der Waals surface area contributed by atoms with Crippen molar-refractivity contribution in [1.29, 1.82) is 0 Å². The second kappa shape index (κ2) is 3.83. The molecular weight excluding hydrogens is 230 g/mol. The number of carboxylic acids is 1. The molecule has 2 N–H and O–H groups in total. The van der Waals surface area contributed by atoms with Crippen molar-refractivity contribution in [3.63, 3.8) is 0 Å². The molecule has 0 spiro atoms. The molecule has 0 aliphatic heterocycles. The summed E-state index contributed by atoms with van der Waals surface area (Å²) in [6.07, 6.45) is 4.01. The minimum atomic E-state index is -1.03. The first-order chi connectivity index (χ1) is 8.61. The van der Waals surface area contributed by atoms with Crippen LogP contribution in [0.5, 0.6) is 0 Å². The maximum absolute atomic E-state index is 12.1. The van der Waals surface area contributed by atoms with E-state index >= 15 is 0 Å². The van der Waals surface area contributed by atoms with Crippen molar-refractivity contribution < 1.29 is 14.7 Å². The van der Waals surface area contributed by atoms with Gasteiger partial charge in [0.2, 0.25) is 0 Å². The van der Waals surface area contributed by atoms with E-state index in [0.29, 0.717) is 18.4 Å². The van der Waals surface area contributed by atoms with Crippen LogP contribution in [0.4, 0.5) is 0 Å². The van der Waals surface area contributed by atoms with Crippen LogP contribution >= 0.6 is 0 Å². The fourth-order valence-electron chi connectivity index (χ4n) is 2.55. The van der Waals surface area contributed by atoms with Crippen LogP contribution in [0.2, 0.25) is 0 Å². The number of hydrogen-bond acceptors (Lipinski definition) is 2. The zero-order chi connectivity index (χ0) is 12.8. The van der Waals surface area contributed by atoms with Gasteiger partial charge in [-0.05, 0) is 55.4 Å². The van der Waals surface area contributed by atoms with E-state index in [2.05, 4.69) is 5.32 Å². The van der Waals surface area contributed by atoms with Crippen molar-refractivity contribution >= 4 is 11.9 Å². The molecule has 1 fully saturated rings. The van der Waals surface area contributed by atoms with Crippen LogP contribution in [-0.4, -0.2) is 22.5 Å². The molecule has 0 aromatic heterocycles. The molecule has 1 amide bonds. The van der Waals surface area contributed by atoms with Gasteiger partial charge in [-0.25, -0.2) is 4.79 Å². The number of aliphatic carboxylic acids is 1. The average Bonchev–Trinajstić information content (AvgIpc) is 2.24. The number of benzene rings is 1. The van der Waals surface area contributed by atoms with Gasteiger partial charge in [-0.15, -0.1) is 0 Å². The van der Waals surface area contributed by atoms with Crippen molar-refractivity contribution in [2.45, 2.75) is 37.6 Å². The summed E-state index contributed by atoms with van der Waals surface area (Å²) >= 11 is 0. The summed E-state index contributed by atoms with van der Waals surface area (Å²) in [4.78, 5) is 23.3. The van der Waals surface area contributed by atoms with Gasteiger partial charge in [0.05, 0.1) is 0 Å². The third-order valence-electron chi connectivity index (χ3n) is 4.10. The normalized spacial score (nSPS) is 19.1. The van der Waals surface area contributed by atoms with Crippen LogP contribution < -0.4 is 5.32 Å². The summed E-state index contributed by atoms with van der Waals surface area (Å²) in [5, 5.41) is 11.9. The summed E-state index contributed by atoms with van der Waals surface area (Å²) in [6, 6.07) is 5.62. The topological polar surface area (TPSA) is 66.4 Å². The quantitative estimate of drug-likeness (QED) is 0.848. The fourth-order valence-corrected chi connectivity index (χ4v) is 2.55. The Morgan fingerprint density at radius 3 is 2.33 bits per heavy atom. The molecule has 18 heavy (non-hydrogen) atoms. The van der Waals surface area contributed by atoms with Gasteiger partial charge in [-0.1, -0.05) is 6.07 Å². The van der Waals surface area contributed by atoms with Gasteiger partial charge in [-0.2, -0.15) is 0 Å². The Hall–Kier alpha value is -1.84. The second-order valence-corrected chi connectivity index (χ2v) is 5.18. The molecule has 2 aliphatic carbocycles. The van der Waals surface area contributed by atoms with E-state index in [4.69, 9.17) is 0 Å². The van der Waals surface area contributed by atoms with Gasteiger partial charge in [0.25, 0.3) is 5.91 Å². The summed E-state index contributed by atoms with van der Waals surface area (Å²) in [7, 11) is 0. The Bertz CT molecular complexity index is 532. The number of carbonyl (C=O) groups excluding carboxylic acids is 1. The average molecular weight is 245 g/mol. The number of amides is 1. The summed E-state index contributed by atoms with van der Waals surface area (Å²) < 4.78 is 0. The van der Waals surface area contributed by atoms with Crippen molar-refractivity contribution in [2.24, 2.45) is 0 Å². The Balaban J connectivity index is 1.78. The lowest BCUT2D eigenvalue weighted by atomic mass is 9.76. The molecule has 0 saturated heterocycles. The van der Waals surface area contributed by atoms with Gasteiger partial charge < -0.3 is 10.4 Å². The van der Waals surface area contributed by atoms with Crippen LogP contribution in [0.3, 0.4) is 0 Å². The predicted molar refractivity (Wildman–Crippen MR) is 65.5 cm³/mol. The van der Waals surface area contributed by atoms with Crippen molar-refractivity contribution in [2.75, 3.05) is 0 Å².